The Balaban J connectivity index is 2.53. The fourth-order valence-corrected chi connectivity index (χ4v) is 2.08. The van der Waals surface area contributed by atoms with Gasteiger partial charge in [0.2, 0.25) is 12.2 Å². The van der Waals surface area contributed by atoms with Gasteiger partial charge in [-0.15, -0.1) is 0 Å². The van der Waals surface area contributed by atoms with Gasteiger partial charge in [-0.3, -0.25) is 0 Å². The van der Waals surface area contributed by atoms with Crippen molar-refractivity contribution in [2.75, 3.05) is 11.5 Å². The predicted octanol–water partition coefficient (Wildman–Crippen LogP) is 2.38. The molecule has 0 fully saturated rings. The van der Waals surface area contributed by atoms with Crippen molar-refractivity contribution in [1.29, 1.82) is 0 Å². The number of nitrogens with zero attached hydrogens (tertiary/aromatic N) is 2. The third kappa shape index (κ3) is 3.04. The van der Waals surface area contributed by atoms with Gasteiger partial charge in [0.25, 0.3) is 0 Å². The topological polar surface area (TPSA) is 111 Å². The lowest BCUT2D eigenvalue weighted by Crippen LogP contribution is -1.96. The van der Waals surface area contributed by atoms with Crippen molar-refractivity contribution in [2.45, 2.75) is 6.42 Å². The van der Waals surface area contributed by atoms with Crippen LogP contribution in [0.1, 0.15) is 11.1 Å². The summed E-state index contributed by atoms with van der Waals surface area (Å²) in [6.07, 6.45) is 3.35. The van der Waals surface area contributed by atoms with Crippen molar-refractivity contribution >= 4 is 34.9 Å². The predicted molar refractivity (Wildman–Crippen MR) is 80.1 cm³/mol. The second-order valence-electron chi connectivity index (χ2n) is 4.29. The van der Waals surface area contributed by atoms with Gasteiger partial charge in [-0.2, -0.15) is 9.98 Å². The Morgan fingerprint density at radius 3 is 1.62 bits per heavy atom. The minimum absolute atomic E-state index is 0.357. The normalized spacial score (nSPS) is 9.52. The third-order valence-electron chi connectivity index (χ3n) is 3.00. The van der Waals surface area contributed by atoms with E-state index < -0.39 is 0 Å². The number of rotatable bonds is 4. The van der Waals surface area contributed by atoms with Gasteiger partial charge in [0, 0.05) is 6.42 Å². The monoisotopic (exact) mass is 280 g/mol. The molecule has 0 aliphatic heterocycles. The SMILES string of the molecule is Nc1cccc(Cc2cccc(N)c2N=C=O)c1N=C=O. The first-order valence-electron chi connectivity index (χ1n) is 6.08. The molecule has 2 rings (SSSR count). The molecule has 4 N–H and O–H groups in total. The minimum Gasteiger partial charge on any atom is -0.397 e. The lowest BCUT2D eigenvalue weighted by molar-refractivity contribution is 0.564. The van der Waals surface area contributed by atoms with Crippen LogP contribution in [0.25, 0.3) is 0 Å². The molecule has 0 aliphatic rings. The van der Waals surface area contributed by atoms with Crippen molar-refractivity contribution in [3.63, 3.8) is 0 Å². The van der Waals surface area contributed by atoms with Crippen molar-refractivity contribution in [3.05, 3.63) is 47.5 Å². The maximum Gasteiger partial charge on any atom is 0.240 e. The smallest absolute Gasteiger partial charge is 0.240 e. The Bertz CT molecular complexity index is 708. The number of nitrogen functional groups attached to an aromatic ring is 2. The lowest BCUT2D eigenvalue weighted by atomic mass is 10.0. The summed E-state index contributed by atoms with van der Waals surface area (Å²) in [6.45, 7) is 0. The van der Waals surface area contributed by atoms with E-state index in [0.29, 0.717) is 40.3 Å². The molecule has 0 heterocycles. The molecule has 104 valence electrons. The van der Waals surface area contributed by atoms with Crippen molar-refractivity contribution < 1.29 is 9.59 Å². The third-order valence-corrected chi connectivity index (χ3v) is 3.00. The maximum absolute atomic E-state index is 10.5. The Kier molecular flexibility index (Phi) is 4.26. The fourth-order valence-electron chi connectivity index (χ4n) is 2.08. The molecule has 0 saturated carbocycles. The zero-order chi connectivity index (χ0) is 15.2. The van der Waals surface area contributed by atoms with E-state index in [0.717, 1.165) is 0 Å². The van der Waals surface area contributed by atoms with Gasteiger partial charge < -0.3 is 11.5 Å². The van der Waals surface area contributed by atoms with E-state index in [1.54, 1.807) is 36.4 Å². The summed E-state index contributed by atoms with van der Waals surface area (Å²) in [6, 6.07) is 10.4. The molecule has 0 radical (unpaired) electrons. The summed E-state index contributed by atoms with van der Waals surface area (Å²) < 4.78 is 0. The van der Waals surface area contributed by atoms with Crippen molar-refractivity contribution in [1.82, 2.24) is 0 Å². The first kappa shape index (κ1) is 14.2. The molecular formula is C15H12N4O2. The van der Waals surface area contributed by atoms with E-state index in [1.165, 1.54) is 12.2 Å². The highest BCUT2D eigenvalue weighted by Gasteiger charge is 2.11. The van der Waals surface area contributed by atoms with Gasteiger partial charge in [0.1, 0.15) is 11.4 Å². The van der Waals surface area contributed by atoms with Crippen molar-refractivity contribution in [2.24, 2.45) is 9.98 Å². The van der Waals surface area contributed by atoms with Crippen molar-refractivity contribution in [3.8, 4) is 0 Å². The van der Waals surface area contributed by atoms with Gasteiger partial charge in [-0.1, -0.05) is 24.3 Å². The highest BCUT2D eigenvalue weighted by Crippen LogP contribution is 2.33. The van der Waals surface area contributed by atoms with Crippen LogP contribution in [0.3, 0.4) is 0 Å². The van der Waals surface area contributed by atoms with Gasteiger partial charge in [-0.05, 0) is 23.3 Å². The Morgan fingerprint density at radius 2 is 1.24 bits per heavy atom. The summed E-state index contributed by atoms with van der Waals surface area (Å²) in [5.74, 6) is 0. The first-order valence-corrected chi connectivity index (χ1v) is 6.08. The van der Waals surface area contributed by atoms with Crippen LogP contribution in [0.4, 0.5) is 22.7 Å². The molecule has 0 atom stereocenters. The van der Waals surface area contributed by atoms with E-state index in [4.69, 9.17) is 11.5 Å². The molecule has 2 aromatic carbocycles. The molecule has 0 saturated heterocycles. The molecule has 21 heavy (non-hydrogen) atoms. The number of nitrogens with two attached hydrogens (primary N) is 2. The number of hydrogen-bond donors (Lipinski definition) is 2. The first-order chi connectivity index (χ1) is 10.2. The summed E-state index contributed by atoms with van der Waals surface area (Å²) in [4.78, 5) is 28.3. The van der Waals surface area contributed by atoms with Crippen LogP contribution in [0.2, 0.25) is 0 Å². The van der Waals surface area contributed by atoms with Crippen LogP contribution in [0.15, 0.2) is 46.4 Å². The Morgan fingerprint density at radius 1 is 0.810 bits per heavy atom. The van der Waals surface area contributed by atoms with Gasteiger partial charge in [0.05, 0.1) is 11.4 Å². The summed E-state index contributed by atoms with van der Waals surface area (Å²) >= 11 is 0. The number of anilines is 2. The van der Waals surface area contributed by atoms with Gasteiger partial charge in [0.15, 0.2) is 0 Å². The molecule has 0 amide bonds. The quantitative estimate of drug-likeness (QED) is 0.508. The lowest BCUT2D eigenvalue weighted by Gasteiger charge is -2.10. The van der Waals surface area contributed by atoms with Crippen LogP contribution in [0.5, 0.6) is 0 Å². The van der Waals surface area contributed by atoms with E-state index >= 15 is 0 Å². The molecule has 6 nitrogen and oxygen atoms in total. The molecule has 0 unspecified atom stereocenters. The zero-order valence-electron chi connectivity index (χ0n) is 11.0. The number of hydrogen-bond acceptors (Lipinski definition) is 6. The van der Waals surface area contributed by atoms with Crippen LogP contribution >= 0.6 is 0 Å². The highest BCUT2D eigenvalue weighted by atomic mass is 16.1. The van der Waals surface area contributed by atoms with E-state index in [1.807, 2.05) is 0 Å². The molecule has 2 aromatic rings. The molecule has 6 heteroatoms. The zero-order valence-corrected chi connectivity index (χ0v) is 11.0. The average molecular weight is 280 g/mol. The molecule has 0 aliphatic carbocycles. The number of carbonyl (C=O) groups excluding carboxylic acids is 2. The number of para-hydroxylation sites is 2. The second kappa shape index (κ2) is 6.30. The van der Waals surface area contributed by atoms with Gasteiger partial charge in [-0.25, -0.2) is 9.59 Å². The van der Waals surface area contributed by atoms with Crippen LogP contribution in [-0.4, -0.2) is 12.2 Å². The largest absolute Gasteiger partial charge is 0.397 e. The molecule has 0 aromatic heterocycles. The maximum atomic E-state index is 10.5. The molecule has 0 bridgehead atoms. The average Bonchev–Trinajstić information content (AvgIpc) is 2.46. The minimum atomic E-state index is 0.357. The second-order valence-corrected chi connectivity index (χ2v) is 4.29. The number of benzene rings is 2. The van der Waals surface area contributed by atoms with E-state index in [-0.39, 0.29) is 0 Å². The Hall–Kier alpha value is -3.20. The highest BCUT2D eigenvalue weighted by molar-refractivity contribution is 5.73. The van der Waals surface area contributed by atoms with Crippen LogP contribution in [-0.2, 0) is 16.0 Å². The van der Waals surface area contributed by atoms with E-state index in [9.17, 15) is 9.59 Å². The Labute approximate surface area is 120 Å². The van der Waals surface area contributed by atoms with Crippen LogP contribution in [0, 0.1) is 0 Å². The standard InChI is InChI=1S/C15H12N4O2/c16-12-5-1-3-10(14(12)18-8-20)7-11-4-2-6-13(17)15(11)19-9-21/h1-6H,7,16-17H2. The van der Waals surface area contributed by atoms with E-state index in [2.05, 4.69) is 9.98 Å². The summed E-state index contributed by atoms with van der Waals surface area (Å²) in [5.41, 5.74) is 14.5. The van der Waals surface area contributed by atoms with Crippen LogP contribution < -0.4 is 11.5 Å². The summed E-state index contributed by atoms with van der Waals surface area (Å²) in [7, 11) is 0. The number of aliphatic imine (C=N–C) groups is 2. The molecular weight excluding hydrogens is 268 g/mol. The molecule has 0 spiro atoms. The summed E-state index contributed by atoms with van der Waals surface area (Å²) in [5, 5.41) is 0. The number of isocyanates is 2. The fraction of sp³-hybridized carbons (Fsp3) is 0.0667. The van der Waals surface area contributed by atoms with Gasteiger partial charge >= 0.3 is 0 Å².